The zero-order valence-electron chi connectivity index (χ0n) is 12.4. The molecule has 1 fully saturated rings. The lowest BCUT2D eigenvalue weighted by molar-refractivity contribution is -0.0169. The number of aliphatic hydroxyl groups excluding tert-OH is 1. The van der Waals surface area contributed by atoms with Crippen molar-refractivity contribution in [3.8, 4) is 0 Å². The van der Waals surface area contributed by atoms with Crippen LogP contribution >= 0.6 is 11.3 Å². The minimum Gasteiger partial charge on any atom is -0.394 e. The smallest absolute Gasteiger partial charge is 0.0701 e. The first-order valence-electron chi connectivity index (χ1n) is 7.40. The topological polar surface area (TPSA) is 58.7 Å². The van der Waals surface area contributed by atoms with Gasteiger partial charge in [0.25, 0.3) is 0 Å². The monoisotopic (exact) mass is 298 g/mol. The van der Waals surface area contributed by atoms with E-state index < -0.39 is 0 Å². The highest BCUT2D eigenvalue weighted by atomic mass is 32.1. The van der Waals surface area contributed by atoms with E-state index >= 15 is 0 Å². The summed E-state index contributed by atoms with van der Waals surface area (Å²) < 4.78 is 5.63. The van der Waals surface area contributed by atoms with E-state index in [1.807, 2.05) is 11.3 Å². The Labute approximate surface area is 125 Å². The van der Waals surface area contributed by atoms with Gasteiger partial charge in [-0.25, -0.2) is 0 Å². The number of aryl methyl sites for hydroxylation is 1. The molecular formula is C15H26N2O2S. The third-order valence-electron chi connectivity index (χ3n) is 3.87. The van der Waals surface area contributed by atoms with Crippen LogP contribution in [0.2, 0.25) is 0 Å². The van der Waals surface area contributed by atoms with Gasteiger partial charge in [-0.05, 0) is 38.8 Å². The van der Waals surface area contributed by atoms with E-state index in [0.717, 1.165) is 25.9 Å². The maximum atomic E-state index is 8.81. The van der Waals surface area contributed by atoms with E-state index in [0.29, 0.717) is 12.6 Å². The Morgan fingerprint density at radius 1 is 1.45 bits per heavy atom. The van der Waals surface area contributed by atoms with E-state index in [2.05, 4.69) is 30.9 Å². The summed E-state index contributed by atoms with van der Waals surface area (Å²) in [6.45, 7) is 6.82. The zero-order chi connectivity index (χ0) is 14.5. The number of hydrogen-bond acceptors (Lipinski definition) is 5. The van der Waals surface area contributed by atoms with Crippen LogP contribution in [0.1, 0.15) is 35.6 Å². The molecule has 1 saturated heterocycles. The number of piperidine rings is 1. The van der Waals surface area contributed by atoms with Crippen molar-refractivity contribution in [3.63, 3.8) is 0 Å². The Hall–Kier alpha value is -0.460. The van der Waals surface area contributed by atoms with Gasteiger partial charge in [0.2, 0.25) is 0 Å². The molecule has 2 unspecified atom stereocenters. The van der Waals surface area contributed by atoms with Gasteiger partial charge < -0.3 is 15.6 Å². The maximum Gasteiger partial charge on any atom is 0.0701 e. The molecule has 0 aromatic carbocycles. The van der Waals surface area contributed by atoms with Crippen LogP contribution in [0, 0.1) is 6.92 Å². The number of hydrogen-bond donors (Lipinski definition) is 2. The number of thiophene rings is 1. The van der Waals surface area contributed by atoms with E-state index in [-0.39, 0.29) is 18.8 Å². The molecule has 0 spiro atoms. The molecule has 4 nitrogen and oxygen atoms in total. The van der Waals surface area contributed by atoms with Crippen molar-refractivity contribution in [1.29, 1.82) is 0 Å². The predicted octanol–water partition coefficient (Wildman–Crippen LogP) is 1.92. The van der Waals surface area contributed by atoms with E-state index in [9.17, 15) is 0 Å². The summed E-state index contributed by atoms with van der Waals surface area (Å²) in [6.07, 6.45) is 2.33. The fourth-order valence-electron chi connectivity index (χ4n) is 2.92. The second kappa shape index (κ2) is 7.52. The molecule has 0 bridgehead atoms. The molecule has 114 valence electrons. The lowest BCUT2D eigenvalue weighted by Crippen LogP contribution is -2.45. The van der Waals surface area contributed by atoms with Crippen LogP contribution in [0.25, 0.3) is 0 Å². The number of nitrogens with two attached hydrogens (primary N) is 1. The minimum absolute atomic E-state index is 0.108. The highest BCUT2D eigenvalue weighted by molar-refractivity contribution is 7.12. The summed E-state index contributed by atoms with van der Waals surface area (Å²) in [5.74, 6) is 0. The molecule has 1 aromatic heterocycles. The number of likely N-dealkylation sites (tertiary alicyclic amines) is 1. The van der Waals surface area contributed by atoms with Crippen LogP contribution in [0.15, 0.2) is 12.1 Å². The van der Waals surface area contributed by atoms with Crippen LogP contribution in [0.3, 0.4) is 0 Å². The molecule has 0 saturated carbocycles. The number of ether oxygens (including phenoxy) is 1. The van der Waals surface area contributed by atoms with E-state index in [4.69, 9.17) is 15.6 Å². The first kappa shape index (κ1) is 15.9. The van der Waals surface area contributed by atoms with Gasteiger partial charge in [0.15, 0.2) is 0 Å². The van der Waals surface area contributed by atoms with Crippen molar-refractivity contribution in [1.82, 2.24) is 4.90 Å². The molecular weight excluding hydrogens is 272 g/mol. The largest absolute Gasteiger partial charge is 0.394 e. The van der Waals surface area contributed by atoms with Crippen LogP contribution in [0.4, 0.5) is 0 Å². The standard InChI is InChI=1S/C15H26N2O2S/c1-11-3-4-14(20-11)15(12(2)16)17-7-5-13(6-8-17)19-10-9-18/h3-4,12-13,15,18H,5-10,16H2,1-2H3. The molecule has 0 aliphatic carbocycles. The quantitative estimate of drug-likeness (QED) is 0.842. The molecule has 1 aliphatic rings. The Balaban J connectivity index is 1.95. The fourth-order valence-corrected chi connectivity index (χ4v) is 4.05. The van der Waals surface area contributed by atoms with Gasteiger partial charge >= 0.3 is 0 Å². The summed E-state index contributed by atoms with van der Waals surface area (Å²) >= 11 is 1.85. The van der Waals surface area contributed by atoms with Gasteiger partial charge in [0, 0.05) is 28.9 Å². The molecule has 1 aliphatic heterocycles. The molecule has 2 rings (SSSR count). The lowest BCUT2D eigenvalue weighted by Gasteiger charge is -2.38. The van der Waals surface area contributed by atoms with Crippen LogP contribution < -0.4 is 5.73 Å². The number of nitrogens with zero attached hydrogens (tertiary/aromatic N) is 1. The van der Waals surface area contributed by atoms with Crippen molar-refractivity contribution in [2.24, 2.45) is 5.73 Å². The summed E-state index contributed by atoms with van der Waals surface area (Å²) in [5.41, 5.74) is 6.22. The van der Waals surface area contributed by atoms with Crippen molar-refractivity contribution < 1.29 is 9.84 Å². The second-order valence-corrected chi connectivity index (χ2v) is 6.90. The number of rotatable bonds is 6. The fraction of sp³-hybridized carbons (Fsp3) is 0.733. The van der Waals surface area contributed by atoms with Gasteiger partial charge in [0.05, 0.1) is 25.4 Å². The Morgan fingerprint density at radius 2 is 2.15 bits per heavy atom. The molecule has 3 N–H and O–H groups in total. The average molecular weight is 298 g/mol. The molecule has 0 radical (unpaired) electrons. The second-order valence-electron chi connectivity index (χ2n) is 5.58. The highest BCUT2D eigenvalue weighted by Gasteiger charge is 2.29. The van der Waals surface area contributed by atoms with Gasteiger partial charge in [-0.2, -0.15) is 0 Å². The molecule has 2 atom stereocenters. The summed E-state index contributed by atoms with van der Waals surface area (Å²) in [4.78, 5) is 5.19. The van der Waals surface area contributed by atoms with Crippen molar-refractivity contribution >= 4 is 11.3 Å². The third-order valence-corrected chi connectivity index (χ3v) is 4.94. The molecule has 5 heteroatoms. The van der Waals surface area contributed by atoms with E-state index in [1.54, 1.807) is 0 Å². The molecule has 2 heterocycles. The summed E-state index contributed by atoms with van der Waals surface area (Å²) in [7, 11) is 0. The maximum absolute atomic E-state index is 8.81. The first-order valence-corrected chi connectivity index (χ1v) is 8.22. The summed E-state index contributed by atoms with van der Waals surface area (Å²) in [5, 5.41) is 8.81. The van der Waals surface area contributed by atoms with Crippen molar-refractivity contribution in [2.75, 3.05) is 26.3 Å². The van der Waals surface area contributed by atoms with Gasteiger partial charge in [-0.1, -0.05) is 0 Å². The number of aliphatic hydroxyl groups is 1. The summed E-state index contributed by atoms with van der Waals surface area (Å²) in [6, 6.07) is 4.82. The Kier molecular flexibility index (Phi) is 5.99. The zero-order valence-corrected chi connectivity index (χ0v) is 13.2. The molecule has 1 aromatic rings. The minimum atomic E-state index is 0.108. The van der Waals surface area contributed by atoms with Gasteiger partial charge in [0.1, 0.15) is 0 Å². The molecule has 20 heavy (non-hydrogen) atoms. The molecule has 0 amide bonds. The predicted molar refractivity (Wildman–Crippen MR) is 83.1 cm³/mol. The normalized spacial score (nSPS) is 21.0. The van der Waals surface area contributed by atoms with Crippen LogP contribution in [0.5, 0.6) is 0 Å². The Morgan fingerprint density at radius 3 is 2.65 bits per heavy atom. The Bertz CT molecular complexity index is 400. The lowest BCUT2D eigenvalue weighted by atomic mass is 10.0. The van der Waals surface area contributed by atoms with Crippen molar-refractivity contribution in [3.05, 3.63) is 21.9 Å². The van der Waals surface area contributed by atoms with Gasteiger partial charge in [-0.15, -0.1) is 11.3 Å². The highest BCUT2D eigenvalue weighted by Crippen LogP contribution is 2.32. The SMILES string of the molecule is Cc1ccc(C(C(C)N)N2CCC(OCCO)CC2)s1. The van der Waals surface area contributed by atoms with Crippen LogP contribution in [-0.4, -0.2) is 48.5 Å². The third kappa shape index (κ3) is 4.02. The van der Waals surface area contributed by atoms with E-state index in [1.165, 1.54) is 9.75 Å². The average Bonchev–Trinajstić information content (AvgIpc) is 2.84. The van der Waals surface area contributed by atoms with Crippen LogP contribution in [-0.2, 0) is 4.74 Å². The first-order chi connectivity index (χ1) is 9.61. The van der Waals surface area contributed by atoms with Crippen molar-refractivity contribution in [2.45, 2.75) is 44.9 Å². The van der Waals surface area contributed by atoms with Gasteiger partial charge in [-0.3, -0.25) is 4.90 Å².